The molecule has 2 rings (SSSR count). The molecule has 0 aliphatic rings. The van der Waals surface area contributed by atoms with Gasteiger partial charge in [0.05, 0.1) is 9.82 Å². The highest BCUT2D eigenvalue weighted by molar-refractivity contribution is 9.10. The summed E-state index contributed by atoms with van der Waals surface area (Å²) in [4.78, 5) is 29.5. The van der Waals surface area contributed by atoms with Crippen LogP contribution in [0.1, 0.15) is 11.4 Å². The van der Waals surface area contributed by atoms with E-state index < -0.39 is 18.4 Å². The van der Waals surface area contributed by atoms with Crippen LogP contribution in [0.4, 0.5) is 5.69 Å². The van der Waals surface area contributed by atoms with Crippen LogP contribution in [0.3, 0.4) is 0 Å². The van der Waals surface area contributed by atoms with Gasteiger partial charge in [0, 0.05) is 15.4 Å². The highest BCUT2D eigenvalue weighted by atomic mass is 79.9. The van der Waals surface area contributed by atoms with E-state index in [0.717, 1.165) is 11.8 Å². The molecule has 3 N–H and O–H groups in total. The summed E-state index contributed by atoms with van der Waals surface area (Å²) in [6.45, 7) is 0. The van der Waals surface area contributed by atoms with Crippen LogP contribution in [-0.4, -0.2) is 19.8 Å². The minimum atomic E-state index is -4.63. The van der Waals surface area contributed by atoms with Gasteiger partial charge in [-0.1, -0.05) is 39.8 Å². The molecule has 10 heteroatoms. The van der Waals surface area contributed by atoms with Gasteiger partial charge < -0.3 is 14.9 Å². The lowest BCUT2D eigenvalue weighted by Crippen LogP contribution is -1.97. The third-order valence-corrected chi connectivity index (χ3v) is 5.34. The van der Waals surface area contributed by atoms with Crippen LogP contribution >= 0.6 is 35.3 Å². The molecular formula is C13H11BrNO6PS. The molecule has 0 heterocycles. The van der Waals surface area contributed by atoms with Crippen LogP contribution in [0.5, 0.6) is 0 Å². The van der Waals surface area contributed by atoms with E-state index in [1.165, 1.54) is 30.3 Å². The fourth-order valence-electron chi connectivity index (χ4n) is 1.75. The van der Waals surface area contributed by atoms with Gasteiger partial charge in [-0.25, -0.2) is 0 Å². The van der Waals surface area contributed by atoms with Crippen LogP contribution in [0.15, 0.2) is 56.7 Å². The Labute approximate surface area is 143 Å². The normalized spacial score (nSPS) is 12.9. The Balaban J connectivity index is 2.26. The smallest absolute Gasteiger partial charge is 0.358 e. The molecule has 0 spiro atoms. The van der Waals surface area contributed by atoms with Gasteiger partial charge in [-0.2, -0.15) is 0 Å². The standard InChI is InChI=1S/C13H11BrNO6PS/c14-9-3-6-12(11(7-9)15(17)18)23-10-4-1-8(2-5-10)13(16)22(19,20)21/h1-7,13,16H,(H2,19,20,21). The molecule has 1 atom stereocenters. The third-order valence-electron chi connectivity index (χ3n) is 2.84. The van der Waals surface area contributed by atoms with Crippen molar-refractivity contribution >= 4 is 41.0 Å². The maximum absolute atomic E-state index is 11.1. The number of nitro groups is 1. The maximum Gasteiger partial charge on any atom is 0.358 e. The number of aliphatic hydroxyl groups is 1. The first kappa shape index (κ1) is 18.1. The molecule has 7 nitrogen and oxygen atoms in total. The van der Waals surface area contributed by atoms with Crippen LogP contribution in [0.2, 0.25) is 0 Å². The molecule has 0 radical (unpaired) electrons. The number of hydrogen-bond donors (Lipinski definition) is 3. The van der Waals surface area contributed by atoms with Crippen molar-refractivity contribution < 1.29 is 24.4 Å². The Morgan fingerprint density at radius 3 is 2.30 bits per heavy atom. The van der Waals surface area contributed by atoms with E-state index in [9.17, 15) is 19.8 Å². The number of benzene rings is 2. The summed E-state index contributed by atoms with van der Waals surface area (Å²) in [5, 5.41) is 20.6. The molecule has 122 valence electrons. The Hall–Kier alpha value is -1.22. The lowest BCUT2D eigenvalue weighted by Gasteiger charge is -2.13. The van der Waals surface area contributed by atoms with Gasteiger partial charge in [0.25, 0.3) is 5.69 Å². The number of nitro benzene ring substituents is 1. The topological polar surface area (TPSA) is 121 Å². The predicted molar refractivity (Wildman–Crippen MR) is 88.4 cm³/mol. The molecular weight excluding hydrogens is 409 g/mol. The number of aliphatic hydroxyl groups excluding tert-OH is 1. The van der Waals surface area contributed by atoms with Gasteiger partial charge in [-0.3, -0.25) is 14.7 Å². The summed E-state index contributed by atoms with van der Waals surface area (Å²) >= 11 is 4.32. The van der Waals surface area contributed by atoms with Crippen LogP contribution < -0.4 is 0 Å². The van der Waals surface area contributed by atoms with Crippen LogP contribution in [0, 0.1) is 10.1 Å². The van der Waals surface area contributed by atoms with Crippen molar-refractivity contribution in [3.63, 3.8) is 0 Å². The van der Waals surface area contributed by atoms with E-state index >= 15 is 0 Å². The summed E-state index contributed by atoms with van der Waals surface area (Å²) in [6, 6.07) is 10.5. The largest absolute Gasteiger partial charge is 0.376 e. The third kappa shape index (κ3) is 4.63. The van der Waals surface area contributed by atoms with Crippen molar-refractivity contribution in [1.29, 1.82) is 0 Å². The first-order valence-electron chi connectivity index (χ1n) is 6.13. The second-order valence-corrected chi connectivity index (χ2v) is 8.20. The predicted octanol–water partition coefficient (Wildman–Crippen LogP) is 3.68. The van der Waals surface area contributed by atoms with Crippen LogP contribution in [-0.2, 0) is 4.57 Å². The number of rotatable bonds is 5. The lowest BCUT2D eigenvalue weighted by molar-refractivity contribution is -0.387. The lowest BCUT2D eigenvalue weighted by atomic mass is 10.2. The zero-order valence-electron chi connectivity index (χ0n) is 11.4. The van der Waals surface area contributed by atoms with Crippen molar-refractivity contribution in [1.82, 2.24) is 0 Å². The van der Waals surface area contributed by atoms with Gasteiger partial charge in [0.1, 0.15) is 0 Å². The van der Waals surface area contributed by atoms with Crippen molar-refractivity contribution in [2.24, 2.45) is 0 Å². The molecule has 0 amide bonds. The van der Waals surface area contributed by atoms with Crippen LogP contribution in [0.25, 0.3) is 0 Å². The van der Waals surface area contributed by atoms with E-state index in [-0.39, 0.29) is 11.3 Å². The molecule has 23 heavy (non-hydrogen) atoms. The minimum Gasteiger partial charge on any atom is -0.376 e. The fraction of sp³-hybridized carbons (Fsp3) is 0.0769. The Bertz CT molecular complexity index is 779. The summed E-state index contributed by atoms with van der Waals surface area (Å²) in [6.07, 6.45) is 0. The first-order chi connectivity index (χ1) is 10.7. The van der Waals surface area contributed by atoms with E-state index in [2.05, 4.69) is 15.9 Å². The zero-order chi connectivity index (χ0) is 17.2. The molecule has 1 unspecified atom stereocenters. The average molecular weight is 420 g/mol. The van der Waals surface area contributed by atoms with Crippen molar-refractivity contribution in [3.8, 4) is 0 Å². The number of nitrogens with zero attached hydrogens (tertiary/aromatic N) is 1. The maximum atomic E-state index is 11.1. The van der Waals surface area contributed by atoms with Gasteiger partial charge in [-0.15, -0.1) is 0 Å². The summed E-state index contributed by atoms with van der Waals surface area (Å²) in [7, 11) is -4.63. The minimum absolute atomic E-state index is 0.0521. The molecule has 2 aromatic rings. The highest BCUT2D eigenvalue weighted by Gasteiger charge is 2.27. The molecule has 0 bridgehead atoms. The highest BCUT2D eigenvalue weighted by Crippen LogP contribution is 2.50. The monoisotopic (exact) mass is 419 g/mol. The average Bonchev–Trinajstić information content (AvgIpc) is 2.48. The summed E-state index contributed by atoms with van der Waals surface area (Å²) in [5.74, 6) is -1.89. The van der Waals surface area contributed by atoms with E-state index in [1.807, 2.05) is 0 Å². The van der Waals surface area contributed by atoms with Crippen molar-refractivity contribution in [3.05, 3.63) is 62.6 Å². The van der Waals surface area contributed by atoms with Gasteiger partial charge in [0.15, 0.2) is 5.85 Å². The molecule has 0 saturated carbocycles. The Morgan fingerprint density at radius 1 is 1.17 bits per heavy atom. The second-order valence-electron chi connectivity index (χ2n) is 4.50. The molecule has 0 aliphatic heterocycles. The van der Waals surface area contributed by atoms with Gasteiger partial charge >= 0.3 is 7.60 Å². The molecule has 0 aliphatic carbocycles. The first-order valence-corrected chi connectivity index (χ1v) is 9.42. The molecule has 0 aromatic heterocycles. The summed E-state index contributed by atoms with van der Waals surface area (Å²) < 4.78 is 11.6. The van der Waals surface area contributed by atoms with E-state index in [0.29, 0.717) is 14.3 Å². The molecule has 0 saturated heterocycles. The molecule has 2 aromatic carbocycles. The fourth-order valence-corrected chi connectivity index (χ4v) is 3.56. The number of hydrogen-bond acceptors (Lipinski definition) is 5. The summed E-state index contributed by atoms with van der Waals surface area (Å²) in [5.41, 5.74) is 0.0247. The SMILES string of the molecule is O=[N+]([O-])c1cc(Br)ccc1Sc1ccc(C(O)P(=O)(O)O)cc1. The van der Waals surface area contributed by atoms with E-state index in [4.69, 9.17) is 9.79 Å². The number of halogens is 1. The quantitative estimate of drug-likeness (QED) is 0.383. The van der Waals surface area contributed by atoms with Crippen molar-refractivity contribution in [2.45, 2.75) is 15.6 Å². The van der Waals surface area contributed by atoms with Gasteiger partial charge in [-0.05, 0) is 29.8 Å². The Morgan fingerprint density at radius 2 is 1.78 bits per heavy atom. The molecule has 0 fully saturated rings. The van der Waals surface area contributed by atoms with Gasteiger partial charge in [0.2, 0.25) is 0 Å². The zero-order valence-corrected chi connectivity index (χ0v) is 14.7. The van der Waals surface area contributed by atoms with E-state index in [1.54, 1.807) is 12.1 Å². The van der Waals surface area contributed by atoms with Crippen molar-refractivity contribution in [2.75, 3.05) is 0 Å². The Kier molecular flexibility index (Phi) is 5.61. The second kappa shape index (κ2) is 7.12.